The quantitative estimate of drug-likeness (QED) is 0.508. The second-order valence-corrected chi connectivity index (χ2v) is 3.82. The molecule has 0 amide bonds. The summed E-state index contributed by atoms with van der Waals surface area (Å²) >= 11 is 0. The van der Waals surface area contributed by atoms with Crippen LogP contribution in [0.15, 0.2) is 24.3 Å². The van der Waals surface area contributed by atoms with Gasteiger partial charge in [-0.1, -0.05) is 6.07 Å². The Balaban J connectivity index is 2.68. The maximum Gasteiger partial charge on any atom is 0.271 e. The van der Waals surface area contributed by atoms with Crippen molar-refractivity contribution in [1.29, 1.82) is 0 Å². The minimum atomic E-state index is -1.25. The van der Waals surface area contributed by atoms with Gasteiger partial charge in [-0.05, 0) is 13.0 Å². The zero-order valence-electron chi connectivity index (χ0n) is 8.88. The molecule has 16 heavy (non-hydrogen) atoms. The molecule has 3 N–H and O–H groups in total. The van der Waals surface area contributed by atoms with Crippen molar-refractivity contribution in [2.75, 3.05) is 18.5 Å². The molecular weight excluding hydrogens is 212 g/mol. The molecule has 1 rings (SSSR count). The van der Waals surface area contributed by atoms with Crippen LogP contribution in [0.25, 0.3) is 0 Å². The van der Waals surface area contributed by atoms with Crippen LogP contribution in [0.2, 0.25) is 0 Å². The molecule has 1 atom stereocenters. The van der Waals surface area contributed by atoms with Gasteiger partial charge in [0, 0.05) is 24.4 Å². The summed E-state index contributed by atoms with van der Waals surface area (Å²) in [6.07, 6.45) is 0. The van der Waals surface area contributed by atoms with E-state index in [4.69, 9.17) is 5.11 Å². The van der Waals surface area contributed by atoms with Gasteiger partial charge in [-0.15, -0.1) is 0 Å². The number of aliphatic hydroxyl groups is 2. The SMILES string of the molecule is CC(O)(CO)CNc1cccc([N+](=O)[O-])c1. The van der Waals surface area contributed by atoms with Crippen LogP contribution in [-0.2, 0) is 0 Å². The van der Waals surface area contributed by atoms with E-state index in [1.807, 2.05) is 0 Å². The van der Waals surface area contributed by atoms with E-state index >= 15 is 0 Å². The van der Waals surface area contributed by atoms with Crippen LogP contribution in [0, 0.1) is 10.1 Å². The monoisotopic (exact) mass is 226 g/mol. The van der Waals surface area contributed by atoms with Crippen LogP contribution in [-0.4, -0.2) is 33.9 Å². The fourth-order valence-corrected chi connectivity index (χ4v) is 1.08. The highest BCUT2D eigenvalue weighted by Gasteiger charge is 2.18. The first kappa shape index (κ1) is 12.4. The molecule has 0 radical (unpaired) electrons. The number of aliphatic hydroxyl groups excluding tert-OH is 1. The molecule has 0 aliphatic heterocycles. The fraction of sp³-hybridized carbons (Fsp3) is 0.400. The summed E-state index contributed by atoms with van der Waals surface area (Å²) in [5.41, 5.74) is -0.735. The number of non-ortho nitro benzene ring substituents is 1. The summed E-state index contributed by atoms with van der Waals surface area (Å²) in [6, 6.07) is 5.96. The standard InChI is InChI=1S/C10H14N2O4/c1-10(14,7-13)6-11-8-3-2-4-9(5-8)12(15)16/h2-5,11,13-14H,6-7H2,1H3. The van der Waals surface area contributed by atoms with Crippen molar-refractivity contribution >= 4 is 11.4 Å². The highest BCUT2D eigenvalue weighted by Crippen LogP contribution is 2.17. The summed E-state index contributed by atoms with van der Waals surface area (Å²) in [5.74, 6) is 0. The maximum atomic E-state index is 10.5. The molecular formula is C10H14N2O4. The van der Waals surface area contributed by atoms with E-state index in [1.54, 1.807) is 12.1 Å². The third-order valence-electron chi connectivity index (χ3n) is 2.07. The van der Waals surface area contributed by atoms with Gasteiger partial charge in [0.25, 0.3) is 5.69 Å². The van der Waals surface area contributed by atoms with Crippen molar-refractivity contribution in [3.8, 4) is 0 Å². The molecule has 0 aromatic heterocycles. The fourth-order valence-electron chi connectivity index (χ4n) is 1.08. The van der Waals surface area contributed by atoms with Crippen molar-refractivity contribution in [1.82, 2.24) is 0 Å². The smallest absolute Gasteiger partial charge is 0.271 e. The Morgan fingerprint density at radius 2 is 2.25 bits per heavy atom. The Morgan fingerprint density at radius 1 is 1.56 bits per heavy atom. The average molecular weight is 226 g/mol. The van der Waals surface area contributed by atoms with Crippen molar-refractivity contribution in [2.45, 2.75) is 12.5 Å². The van der Waals surface area contributed by atoms with Crippen LogP contribution in [0.4, 0.5) is 11.4 Å². The Labute approximate surface area is 92.7 Å². The Bertz CT molecular complexity index is 379. The average Bonchev–Trinajstić information content (AvgIpc) is 2.27. The molecule has 88 valence electrons. The topological polar surface area (TPSA) is 95.6 Å². The third kappa shape index (κ3) is 3.48. The van der Waals surface area contributed by atoms with Crippen LogP contribution in [0.1, 0.15) is 6.92 Å². The lowest BCUT2D eigenvalue weighted by molar-refractivity contribution is -0.384. The van der Waals surface area contributed by atoms with Gasteiger partial charge in [0.15, 0.2) is 0 Å². The Kier molecular flexibility index (Phi) is 3.81. The van der Waals surface area contributed by atoms with E-state index in [9.17, 15) is 15.2 Å². The van der Waals surface area contributed by atoms with Gasteiger partial charge < -0.3 is 15.5 Å². The second kappa shape index (κ2) is 4.91. The molecule has 6 heteroatoms. The van der Waals surface area contributed by atoms with E-state index in [2.05, 4.69) is 5.32 Å². The highest BCUT2D eigenvalue weighted by atomic mass is 16.6. The Hall–Kier alpha value is -1.66. The molecule has 1 aromatic rings. The first-order valence-electron chi connectivity index (χ1n) is 4.76. The zero-order valence-corrected chi connectivity index (χ0v) is 8.88. The number of nitrogens with zero attached hydrogens (tertiary/aromatic N) is 1. The molecule has 1 unspecified atom stereocenters. The highest BCUT2D eigenvalue weighted by molar-refractivity contribution is 5.51. The van der Waals surface area contributed by atoms with Gasteiger partial charge in [-0.25, -0.2) is 0 Å². The van der Waals surface area contributed by atoms with Crippen LogP contribution in [0.5, 0.6) is 0 Å². The van der Waals surface area contributed by atoms with Crippen molar-refractivity contribution in [2.24, 2.45) is 0 Å². The molecule has 0 aliphatic carbocycles. The van der Waals surface area contributed by atoms with Crippen molar-refractivity contribution in [3.63, 3.8) is 0 Å². The predicted octanol–water partition coefficient (Wildman–Crippen LogP) is 0.750. The summed E-state index contributed by atoms with van der Waals surface area (Å²) in [6.45, 7) is 1.21. The molecule has 0 heterocycles. The lowest BCUT2D eigenvalue weighted by Crippen LogP contribution is -2.37. The van der Waals surface area contributed by atoms with E-state index in [-0.39, 0.29) is 18.8 Å². The molecule has 1 aromatic carbocycles. The number of nitrogens with one attached hydrogen (secondary N) is 1. The van der Waals surface area contributed by atoms with E-state index in [0.717, 1.165) is 0 Å². The summed E-state index contributed by atoms with van der Waals surface area (Å²) < 4.78 is 0. The first-order chi connectivity index (χ1) is 7.44. The summed E-state index contributed by atoms with van der Waals surface area (Å²) in [7, 11) is 0. The summed E-state index contributed by atoms with van der Waals surface area (Å²) in [4.78, 5) is 10.0. The summed E-state index contributed by atoms with van der Waals surface area (Å²) in [5, 5.41) is 31.6. The first-order valence-corrected chi connectivity index (χ1v) is 4.76. The lowest BCUT2D eigenvalue weighted by atomic mass is 10.1. The lowest BCUT2D eigenvalue weighted by Gasteiger charge is -2.21. The second-order valence-electron chi connectivity index (χ2n) is 3.82. The normalized spacial score (nSPS) is 14.2. The van der Waals surface area contributed by atoms with Crippen molar-refractivity contribution < 1.29 is 15.1 Å². The zero-order chi connectivity index (χ0) is 12.2. The van der Waals surface area contributed by atoms with Crippen molar-refractivity contribution in [3.05, 3.63) is 34.4 Å². The Morgan fingerprint density at radius 3 is 2.81 bits per heavy atom. The van der Waals surface area contributed by atoms with E-state index < -0.39 is 10.5 Å². The molecule has 0 fully saturated rings. The number of benzene rings is 1. The van der Waals surface area contributed by atoms with Crippen LogP contribution >= 0.6 is 0 Å². The minimum Gasteiger partial charge on any atom is -0.393 e. The third-order valence-corrected chi connectivity index (χ3v) is 2.07. The number of hydrogen-bond acceptors (Lipinski definition) is 5. The predicted molar refractivity (Wildman–Crippen MR) is 59.3 cm³/mol. The number of rotatable bonds is 5. The van der Waals surface area contributed by atoms with Gasteiger partial charge in [0.1, 0.15) is 5.60 Å². The molecule has 0 saturated heterocycles. The molecule has 0 aliphatic rings. The largest absolute Gasteiger partial charge is 0.393 e. The van der Waals surface area contributed by atoms with Gasteiger partial charge >= 0.3 is 0 Å². The van der Waals surface area contributed by atoms with E-state index in [1.165, 1.54) is 19.1 Å². The van der Waals surface area contributed by atoms with Crippen LogP contribution in [0.3, 0.4) is 0 Å². The molecule has 0 bridgehead atoms. The van der Waals surface area contributed by atoms with Gasteiger partial charge in [0.05, 0.1) is 11.5 Å². The van der Waals surface area contributed by atoms with Gasteiger partial charge in [0.2, 0.25) is 0 Å². The number of hydrogen-bond donors (Lipinski definition) is 3. The molecule has 0 spiro atoms. The number of anilines is 1. The van der Waals surface area contributed by atoms with Gasteiger partial charge in [-0.2, -0.15) is 0 Å². The minimum absolute atomic E-state index is 0.0198. The maximum absolute atomic E-state index is 10.5. The van der Waals surface area contributed by atoms with E-state index in [0.29, 0.717) is 5.69 Å². The molecule has 6 nitrogen and oxygen atoms in total. The number of nitro groups is 1. The number of nitro benzene ring substituents is 1. The van der Waals surface area contributed by atoms with Crippen LogP contribution < -0.4 is 5.32 Å². The van der Waals surface area contributed by atoms with Gasteiger partial charge in [-0.3, -0.25) is 10.1 Å². The molecule has 0 saturated carbocycles.